The molecule has 1 fully saturated rings. The highest BCUT2D eigenvalue weighted by atomic mass is 127. The van der Waals surface area contributed by atoms with Crippen LogP contribution >= 0.6 is 24.0 Å². The Morgan fingerprint density at radius 1 is 1.07 bits per heavy atom. The molecule has 0 aromatic heterocycles. The molecule has 0 bridgehead atoms. The Labute approximate surface area is 195 Å². The quantitative estimate of drug-likeness (QED) is 0.343. The zero-order valence-corrected chi connectivity index (χ0v) is 20.1. The fourth-order valence-electron chi connectivity index (χ4n) is 3.39. The molecule has 1 heterocycles. The van der Waals surface area contributed by atoms with Crippen molar-refractivity contribution in [3.05, 3.63) is 48.5 Å². The smallest absolute Gasteiger partial charge is 0.193 e. The minimum atomic E-state index is -0.0114. The zero-order valence-electron chi connectivity index (χ0n) is 17.7. The van der Waals surface area contributed by atoms with Crippen LogP contribution in [0.1, 0.15) is 6.92 Å². The fourth-order valence-corrected chi connectivity index (χ4v) is 3.39. The van der Waals surface area contributed by atoms with Crippen molar-refractivity contribution in [2.45, 2.75) is 13.0 Å². The Morgan fingerprint density at radius 3 is 2.30 bits per heavy atom. The summed E-state index contributed by atoms with van der Waals surface area (Å²) in [7, 11) is 3.45. The molecule has 1 aliphatic rings. The number of nitrogens with one attached hydrogen (secondary N) is 1. The van der Waals surface area contributed by atoms with E-state index in [2.05, 4.69) is 20.1 Å². The van der Waals surface area contributed by atoms with Gasteiger partial charge < -0.3 is 29.7 Å². The molecule has 0 amide bonds. The number of hydrogen-bond donors (Lipinski definition) is 2. The number of nitrogens with zero attached hydrogens (tertiary/aromatic N) is 3. The molecule has 164 valence electrons. The molecule has 1 atom stereocenters. The Bertz CT molecular complexity index is 808. The van der Waals surface area contributed by atoms with Gasteiger partial charge in [0.1, 0.15) is 23.4 Å². The van der Waals surface area contributed by atoms with E-state index in [1.807, 2.05) is 49.4 Å². The number of methoxy groups -OCH3 is 1. The summed E-state index contributed by atoms with van der Waals surface area (Å²) >= 11 is 0. The molecule has 2 aromatic rings. The molecule has 0 spiro atoms. The number of anilines is 1. The van der Waals surface area contributed by atoms with Crippen LogP contribution in [0.2, 0.25) is 0 Å². The van der Waals surface area contributed by atoms with Gasteiger partial charge in [0.2, 0.25) is 0 Å². The van der Waals surface area contributed by atoms with Crippen LogP contribution in [0.4, 0.5) is 5.69 Å². The van der Waals surface area contributed by atoms with Crippen molar-refractivity contribution in [1.29, 1.82) is 0 Å². The van der Waals surface area contributed by atoms with Crippen LogP contribution in [0.3, 0.4) is 0 Å². The van der Waals surface area contributed by atoms with E-state index in [0.717, 1.165) is 49.3 Å². The number of ether oxygens (including phenoxy) is 2. The Hall–Kier alpha value is -2.36. The monoisotopic (exact) mass is 526 g/mol. The van der Waals surface area contributed by atoms with Crippen LogP contribution in [-0.4, -0.2) is 69.0 Å². The Balaban J connectivity index is 0.00000320. The lowest BCUT2D eigenvalue weighted by Crippen LogP contribution is -2.53. The normalized spacial score (nSPS) is 15.2. The first-order chi connectivity index (χ1) is 14.1. The average molecular weight is 526 g/mol. The minimum absolute atomic E-state index is 0. The van der Waals surface area contributed by atoms with Crippen LogP contribution in [0.5, 0.6) is 17.2 Å². The second-order valence-electron chi connectivity index (χ2n) is 6.99. The van der Waals surface area contributed by atoms with Crippen molar-refractivity contribution in [2.75, 3.05) is 51.8 Å². The molecular formula is C22H31IN4O3. The maximum atomic E-state index is 10.1. The van der Waals surface area contributed by atoms with Gasteiger partial charge in [0.15, 0.2) is 5.96 Å². The molecule has 2 aromatic carbocycles. The van der Waals surface area contributed by atoms with Crippen LogP contribution in [0.15, 0.2) is 53.5 Å². The second kappa shape index (κ2) is 11.7. The van der Waals surface area contributed by atoms with Crippen molar-refractivity contribution >= 4 is 35.6 Å². The number of phenols is 1. The van der Waals surface area contributed by atoms with Crippen molar-refractivity contribution in [2.24, 2.45) is 4.99 Å². The Morgan fingerprint density at radius 2 is 1.70 bits per heavy atom. The third-order valence-electron chi connectivity index (χ3n) is 4.96. The SMILES string of the molecule is CN=C(NCC(C)Oc1ccc(OC)cc1)N1CCN(c2ccccc2O)CC1.I. The largest absolute Gasteiger partial charge is 0.506 e. The molecule has 1 saturated heterocycles. The number of halogens is 1. The van der Waals surface area contributed by atoms with E-state index in [-0.39, 0.29) is 30.1 Å². The molecule has 0 radical (unpaired) electrons. The summed E-state index contributed by atoms with van der Waals surface area (Å²) in [5, 5.41) is 13.5. The highest BCUT2D eigenvalue weighted by Crippen LogP contribution is 2.27. The summed E-state index contributed by atoms with van der Waals surface area (Å²) in [4.78, 5) is 8.86. The third kappa shape index (κ3) is 6.32. The van der Waals surface area contributed by atoms with Gasteiger partial charge in [-0.3, -0.25) is 4.99 Å². The lowest BCUT2D eigenvalue weighted by atomic mass is 10.2. The number of rotatable bonds is 6. The van der Waals surface area contributed by atoms with Gasteiger partial charge in [0.05, 0.1) is 19.3 Å². The van der Waals surface area contributed by atoms with Crippen LogP contribution in [0.25, 0.3) is 0 Å². The van der Waals surface area contributed by atoms with Crippen LogP contribution < -0.4 is 19.7 Å². The fraction of sp³-hybridized carbons (Fsp3) is 0.409. The molecule has 1 aliphatic heterocycles. The van der Waals surface area contributed by atoms with Gasteiger partial charge in [-0.05, 0) is 43.3 Å². The molecule has 30 heavy (non-hydrogen) atoms. The molecule has 3 rings (SSSR count). The number of para-hydroxylation sites is 2. The van der Waals surface area contributed by atoms with Gasteiger partial charge in [-0.25, -0.2) is 0 Å². The van der Waals surface area contributed by atoms with Gasteiger partial charge in [0.25, 0.3) is 0 Å². The third-order valence-corrected chi connectivity index (χ3v) is 4.96. The molecule has 2 N–H and O–H groups in total. The zero-order chi connectivity index (χ0) is 20.6. The molecular weight excluding hydrogens is 495 g/mol. The number of piperazine rings is 1. The summed E-state index contributed by atoms with van der Waals surface area (Å²) in [6.45, 7) is 6.01. The van der Waals surface area contributed by atoms with E-state index in [4.69, 9.17) is 9.47 Å². The topological polar surface area (TPSA) is 69.6 Å². The van der Waals surface area contributed by atoms with Gasteiger partial charge >= 0.3 is 0 Å². The highest BCUT2D eigenvalue weighted by Gasteiger charge is 2.21. The molecule has 0 aliphatic carbocycles. The van der Waals surface area contributed by atoms with E-state index in [9.17, 15) is 5.11 Å². The lowest BCUT2D eigenvalue weighted by molar-refractivity contribution is 0.221. The second-order valence-corrected chi connectivity index (χ2v) is 6.99. The maximum Gasteiger partial charge on any atom is 0.193 e. The van der Waals surface area contributed by atoms with E-state index in [1.165, 1.54) is 0 Å². The first kappa shape index (κ1) is 23.9. The Kier molecular flexibility index (Phi) is 9.35. The number of phenolic OH excluding ortho intramolecular Hbond substituents is 1. The summed E-state index contributed by atoms with van der Waals surface area (Å²) in [5.41, 5.74) is 0.886. The highest BCUT2D eigenvalue weighted by molar-refractivity contribution is 14.0. The summed E-state index contributed by atoms with van der Waals surface area (Å²) in [6, 6.07) is 15.1. The van der Waals surface area contributed by atoms with Crippen molar-refractivity contribution in [1.82, 2.24) is 10.2 Å². The van der Waals surface area contributed by atoms with Gasteiger partial charge in [-0.2, -0.15) is 0 Å². The summed E-state index contributed by atoms with van der Waals surface area (Å²) in [6.07, 6.45) is -0.0114. The molecule has 8 heteroatoms. The number of aromatic hydroxyl groups is 1. The first-order valence-corrected chi connectivity index (χ1v) is 9.90. The number of aliphatic imine (C=N–C) groups is 1. The number of benzene rings is 2. The predicted molar refractivity (Wildman–Crippen MR) is 132 cm³/mol. The minimum Gasteiger partial charge on any atom is -0.506 e. The van der Waals surface area contributed by atoms with Crippen LogP contribution in [-0.2, 0) is 0 Å². The van der Waals surface area contributed by atoms with E-state index >= 15 is 0 Å². The average Bonchev–Trinajstić information content (AvgIpc) is 2.75. The van der Waals surface area contributed by atoms with Crippen molar-refractivity contribution < 1.29 is 14.6 Å². The molecule has 7 nitrogen and oxygen atoms in total. The lowest BCUT2D eigenvalue weighted by Gasteiger charge is -2.38. The number of guanidine groups is 1. The summed E-state index contributed by atoms with van der Waals surface area (Å²) < 4.78 is 11.1. The van der Waals surface area contributed by atoms with Crippen molar-refractivity contribution in [3.63, 3.8) is 0 Å². The summed E-state index contributed by atoms with van der Waals surface area (Å²) in [5.74, 6) is 2.82. The maximum absolute atomic E-state index is 10.1. The van der Waals surface area contributed by atoms with E-state index in [1.54, 1.807) is 20.2 Å². The van der Waals surface area contributed by atoms with Crippen molar-refractivity contribution in [3.8, 4) is 17.2 Å². The first-order valence-electron chi connectivity index (χ1n) is 9.90. The van der Waals surface area contributed by atoms with Gasteiger partial charge in [-0.15, -0.1) is 24.0 Å². The van der Waals surface area contributed by atoms with Gasteiger partial charge in [-0.1, -0.05) is 12.1 Å². The molecule has 0 saturated carbocycles. The van der Waals surface area contributed by atoms with Crippen LogP contribution in [0, 0.1) is 0 Å². The predicted octanol–water partition coefficient (Wildman–Crippen LogP) is 3.18. The van der Waals surface area contributed by atoms with Gasteiger partial charge in [0, 0.05) is 33.2 Å². The van der Waals surface area contributed by atoms with E-state index < -0.39 is 0 Å². The molecule has 1 unspecified atom stereocenters. The van der Waals surface area contributed by atoms with E-state index in [0.29, 0.717) is 12.3 Å². The number of hydrogen-bond acceptors (Lipinski definition) is 5. The standard InChI is InChI=1S/C22H30N4O3.HI/c1-17(29-19-10-8-18(28-3)9-11-19)16-24-22(23-2)26-14-12-25(13-15-26)20-6-4-5-7-21(20)27;/h4-11,17,27H,12-16H2,1-3H3,(H,23,24);1H.